The highest BCUT2D eigenvalue weighted by atomic mass is 16.4. The second-order valence-electron chi connectivity index (χ2n) is 4.77. The molecule has 1 aliphatic carbocycles. The fourth-order valence-corrected chi connectivity index (χ4v) is 1.74. The van der Waals surface area contributed by atoms with Crippen LogP contribution in [0.1, 0.15) is 42.1 Å². The van der Waals surface area contributed by atoms with Gasteiger partial charge in [-0.1, -0.05) is 0 Å². The molecule has 1 aromatic rings. The molecule has 0 radical (unpaired) electrons. The van der Waals surface area contributed by atoms with Gasteiger partial charge in [0, 0.05) is 18.6 Å². The Morgan fingerprint density at radius 1 is 1.59 bits per heavy atom. The third-order valence-corrected chi connectivity index (χ3v) is 3.34. The van der Waals surface area contributed by atoms with Crippen molar-refractivity contribution in [3.8, 4) is 0 Å². The number of hydrogen-bond acceptors (Lipinski definition) is 4. The molecular weight excluding hydrogens is 222 g/mol. The Morgan fingerprint density at radius 2 is 2.29 bits per heavy atom. The first kappa shape index (κ1) is 12.1. The molecule has 5 heteroatoms. The highest BCUT2D eigenvalue weighted by Gasteiger charge is 2.41. The lowest BCUT2D eigenvalue weighted by atomic mass is 10.1. The van der Waals surface area contributed by atoms with Crippen LogP contribution in [0.5, 0.6) is 0 Å². The Labute approximate surface area is 99.4 Å². The molecule has 1 unspecified atom stereocenters. The second-order valence-corrected chi connectivity index (χ2v) is 4.77. The van der Waals surface area contributed by atoms with E-state index in [4.69, 9.17) is 9.52 Å². The van der Waals surface area contributed by atoms with E-state index >= 15 is 0 Å². The Hall–Kier alpha value is -1.33. The highest BCUT2D eigenvalue weighted by Crippen LogP contribution is 2.44. The van der Waals surface area contributed by atoms with E-state index in [9.17, 15) is 9.90 Å². The van der Waals surface area contributed by atoms with Crippen molar-refractivity contribution in [1.82, 2.24) is 5.32 Å². The zero-order chi connectivity index (χ0) is 12.5. The minimum atomic E-state index is -1.06. The molecule has 2 rings (SSSR count). The van der Waals surface area contributed by atoms with E-state index in [1.54, 1.807) is 6.07 Å². The molecule has 94 valence electrons. The first-order valence-corrected chi connectivity index (χ1v) is 5.74. The molecule has 3 N–H and O–H groups in total. The van der Waals surface area contributed by atoms with Gasteiger partial charge in [-0.3, -0.25) is 0 Å². The molecule has 1 heterocycles. The number of rotatable bonds is 6. The summed E-state index contributed by atoms with van der Waals surface area (Å²) in [6.45, 7) is 2.84. The Kier molecular flexibility index (Phi) is 3.22. The van der Waals surface area contributed by atoms with E-state index in [1.165, 1.54) is 6.07 Å². The predicted molar refractivity (Wildman–Crippen MR) is 60.8 cm³/mol. The Morgan fingerprint density at radius 3 is 2.76 bits per heavy atom. The van der Waals surface area contributed by atoms with Crippen molar-refractivity contribution in [2.75, 3.05) is 13.2 Å². The van der Waals surface area contributed by atoms with E-state index in [0.717, 1.165) is 19.4 Å². The third-order valence-electron chi connectivity index (χ3n) is 3.34. The topological polar surface area (TPSA) is 82.7 Å². The van der Waals surface area contributed by atoms with Gasteiger partial charge < -0.3 is 19.9 Å². The van der Waals surface area contributed by atoms with Gasteiger partial charge in [0.05, 0.1) is 6.04 Å². The maximum atomic E-state index is 10.7. The number of furan rings is 1. The first-order chi connectivity index (χ1) is 8.06. The summed E-state index contributed by atoms with van der Waals surface area (Å²) in [5.74, 6) is -0.495. The van der Waals surface area contributed by atoms with Crippen LogP contribution in [0.3, 0.4) is 0 Å². The van der Waals surface area contributed by atoms with Crippen LogP contribution in [0.15, 0.2) is 16.5 Å². The number of hydrogen-bond donors (Lipinski definition) is 3. The van der Waals surface area contributed by atoms with Crippen LogP contribution in [-0.4, -0.2) is 29.3 Å². The monoisotopic (exact) mass is 239 g/mol. The number of carboxylic acids is 1. The number of aromatic carboxylic acids is 1. The summed E-state index contributed by atoms with van der Waals surface area (Å²) in [6, 6.07) is 3.07. The van der Waals surface area contributed by atoms with Crippen LogP contribution < -0.4 is 5.32 Å². The minimum Gasteiger partial charge on any atom is -0.475 e. The summed E-state index contributed by atoms with van der Waals surface area (Å²) in [5, 5.41) is 21.2. The molecule has 0 aliphatic heterocycles. The quantitative estimate of drug-likeness (QED) is 0.699. The minimum absolute atomic E-state index is 0.0382. The van der Waals surface area contributed by atoms with Crippen LogP contribution in [0.4, 0.5) is 0 Å². The van der Waals surface area contributed by atoms with Crippen molar-refractivity contribution in [3.63, 3.8) is 0 Å². The highest BCUT2D eigenvalue weighted by molar-refractivity contribution is 5.84. The van der Waals surface area contributed by atoms with Gasteiger partial charge in [0.2, 0.25) is 5.76 Å². The van der Waals surface area contributed by atoms with Crippen LogP contribution in [0.2, 0.25) is 0 Å². The fraction of sp³-hybridized carbons (Fsp3) is 0.583. The molecule has 0 amide bonds. The predicted octanol–water partition coefficient (Wildman–Crippen LogP) is 1.40. The molecule has 1 atom stereocenters. The lowest BCUT2D eigenvalue weighted by Gasteiger charge is -2.16. The van der Waals surface area contributed by atoms with Crippen molar-refractivity contribution in [1.29, 1.82) is 0 Å². The number of aliphatic hydroxyl groups is 1. The molecule has 0 bridgehead atoms. The molecular formula is C12H17NO4. The summed E-state index contributed by atoms with van der Waals surface area (Å²) >= 11 is 0. The van der Waals surface area contributed by atoms with E-state index in [2.05, 4.69) is 5.32 Å². The summed E-state index contributed by atoms with van der Waals surface area (Å²) in [5.41, 5.74) is 0.0382. The normalized spacial score (nSPS) is 18.9. The lowest BCUT2D eigenvalue weighted by molar-refractivity contribution is 0.0659. The van der Waals surface area contributed by atoms with Gasteiger partial charge >= 0.3 is 5.97 Å². The zero-order valence-corrected chi connectivity index (χ0v) is 9.77. The second kappa shape index (κ2) is 4.50. The largest absolute Gasteiger partial charge is 0.475 e. The molecule has 0 aromatic carbocycles. The van der Waals surface area contributed by atoms with Gasteiger partial charge in [-0.05, 0) is 31.9 Å². The molecule has 17 heavy (non-hydrogen) atoms. The van der Waals surface area contributed by atoms with Gasteiger partial charge in [0.1, 0.15) is 5.76 Å². The molecule has 1 saturated carbocycles. The zero-order valence-electron chi connectivity index (χ0n) is 9.77. The van der Waals surface area contributed by atoms with Crippen LogP contribution in [-0.2, 0) is 0 Å². The summed E-state index contributed by atoms with van der Waals surface area (Å²) in [7, 11) is 0. The molecule has 1 aliphatic rings. The van der Waals surface area contributed by atoms with E-state index in [0.29, 0.717) is 5.76 Å². The molecule has 1 fully saturated rings. The number of nitrogens with one attached hydrogen (secondary N) is 1. The van der Waals surface area contributed by atoms with E-state index < -0.39 is 5.97 Å². The molecule has 5 nitrogen and oxygen atoms in total. The SMILES string of the molecule is CC(NCC1(CO)CC1)c1ccc(C(=O)O)o1. The van der Waals surface area contributed by atoms with Crippen LogP contribution >= 0.6 is 0 Å². The number of aliphatic hydroxyl groups excluding tert-OH is 1. The first-order valence-electron chi connectivity index (χ1n) is 5.74. The van der Waals surface area contributed by atoms with Crippen molar-refractivity contribution < 1.29 is 19.4 Å². The Balaban J connectivity index is 1.90. The van der Waals surface area contributed by atoms with Crippen molar-refractivity contribution >= 4 is 5.97 Å². The van der Waals surface area contributed by atoms with Gasteiger partial charge in [0.25, 0.3) is 0 Å². The van der Waals surface area contributed by atoms with Crippen molar-refractivity contribution in [2.24, 2.45) is 5.41 Å². The van der Waals surface area contributed by atoms with E-state index in [-0.39, 0.29) is 23.8 Å². The summed E-state index contributed by atoms with van der Waals surface area (Å²) < 4.78 is 5.20. The van der Waals surface area contributed by atoms with Gasteiger partial charge in [-0.15, -0.1) is 0 Å². The fourth-order valence-electron chi connectivity index (χ4n) is 1.74. The third kappa shape index (κ3) is 2.68. The number of carboxylic acid groups (broad SMARTS) is 1. The molecule has 1 aromatic heterocycles. The summed E-state index contributed by atoms with van der Waals surface area (Å²) in [6.07, 6.45) is 2.09. The van der Waals surface area contributed by atoms with Crippen LogP contribution in [0, 0.1) is 5.41 Å². The Bertz CT molecular complexity index is 408. The summed E-state index contributed by atoms with van der Waals surface area (Å²) in [4.78, 5) is 10.7. The number of carbonyl (C=O) groups is 1. The lowest BCUT2D eigenvalue weighted by Crippen LogP contribution is -2.28. The average Bonchev–Trinajstić information content (AvgIpc) is 2.92. The van der Waals surface area contributed by atoms with Crippen molar-refractivity contribution in [3.05, 3.63) is 23.7 Å². The maximum Gasteiger partial charge on any atom is 0.371 e. The maximum absolute atomic E-state index is 10.7. The molecule has 0 saturated heterocycles. The van der Waals surface area contributed by atoms with Gasteiger partial charge in [-0.2, -0.15) is 0 Å². The van der Waals surface area contributed by atoms with Crippen LogP contribution in [0.25, 0.3) is 0 Å². The van der Waals surface area contributed by atoms with E-state index in [1.807, 2.05) is 6.92 Å². The van der Waals surface area contributed by atoms with Crippen molar-refractivity contribution in [2.45, 2.75) is 25.8 Å². The van der Waals surface area contributed by atoms with Gasteiger partial charge in [0.15, 0.2) is 0 Å². The average molecular weight is 239 g/mol. The van der Waals surface area contributed by atoms with Gasteiger partial charge in [-0.25, -0.2) is 4.79 Å². The molecule has 0 spiro atoms. The smallest absolute Gasteiger partial charge is 0.371 e. The standard InChI is InChI=1S/C12H17NO4/c1-8(13-6-12(7-14)4-5-12)9-2-3-10(17-9)11(15)16/h2-3,8,13-14H,4-7H2,1H3,(H,15,16).